The number of amides is 1. The minimum atomic E-state index is -0.237. The van der Waals surface area contributed by atoms with Crippen LogP contribution in [-0.4, -0.2) is 66.1 Å². The van der Waals surface area contributed by atoms with Gasteiger partial charge in [-0.1, -0.05) is 0 Å². The highest BCUT2D eigenvalue weighted by Crippen LogP contribution is 2.31. The maximum atomic E-state index is 12.6. The van der Waals surface area contributed by atoms with Gasteiger partial charge in [-0.3, -0.25) is 14.7 Å². The summed E-state index contributed by atoms with van der Waals surface area (Å²) in [6.07, 6.45) is 5.46. The van der Waals surface area contributed by atoms with E-state index >= 15 is 0 Å². The van der Waals surface area contributed by atoms with Gasteiger partial charge in [0.15, 0.2) is 0 Å². The third-order valence-electron chi connectivity index (χ3n) is 5.98. The van der Waals surface area contributed by atoms with Gasteiger partial charge in [0.2, 0.25) is 5.91 Å². The predicted molar refractivity (Wildman–Crippen MR) is 112 cm³/mol. The summed E-state index contributed by atoms with van der Waals surface area (Å²) in [6, 6.07) is 10.4. The molecular formula is C22H27N5O2. The second-order valence-corrected chi connectivity index (χ2v) is 7.78. The molecule has 2 aliphatic rings. The monoisotopic (exact) mass is 393 g/mol. The summed E-state index contributed by atoms with van der Waals surface area (Å²) in [4.78, 5) is 21.0. The quantitative estimate of drug-likeness (QED) is 0.841. The second-order valence-electron chi connectivity index (χ2n) is 7.78. The molecule has 152 valence electrons. The zero-order chi connectivity index (χ0) is 20.2. The fourth-order valence-electron chi connectivity index (χ4n) is 4.37. The summed E-state index contributed by atoms with van der Waals surface area (Å²) < 4.78 is 5.43. The second kappa shape index (κ2) is 8.66. The molecule has 1 aromatic carbocycles. The van der Waals surface area contributed by atoms with Crippen LogP contribution in [0.15, 0.2) is 30.5 Å². The third-order valence-corrected chi connectivity index (χ3v) is 5.98. The van der Waals surface area contributed by atoms with Gasteiger partial charge >= 0.3 is 0 Å². The van der Waals surface area contributed by atoms with Crippen molar-refractivity contribution in [3.05, 3.63) is 30.5 Å². The minimum absolute atomic E-state index is 0.0904. The van der Waals surface area contributed by atoms with Crippen molar-refractivity contribution in [1.29, 1.82) is 5.26 Å². The Morgan fingerprint density at radius 1 is 1.28 bits per heavy atom. The first-order chi connectivity index (χ1) is 14.2. The largest absolute Gasteiger partial charge is 0.494 e. The first-order valence-electron chi connectivity index (χ1n) is 10.3. The normalized spacial score (nSPS) is 20.6. The number of carbonyl (C=O) groups excluding carboxylic acids is 1. The van der Waals surface area contributed by atoms with Crippen LogP contribution in [-0.2, 0) is 4.79 Å². The van der Waals surface area contributed by atoms with E-state index in [4.69, 9.17) is 4.74 Å². The number of pyridine rings is 1. The minimum Gasteiger partial charge on any atom is -0.494 e. The lowest BCUT2D eigenvalue weighted by atomic mass is 10.0. The molecule has 29 heavy (non-hydrogen) atoms. The van der Waals surface area contributed by atoms with E-state index < -0.39 is 0 Å². The molecule has 7 heteroatoms. The molecule has 2 saturated heterocycles. The van der Waals surface area contributed by atoms with Crippen LogP contribution in [0.1, 0.15) is 25.7 Å². The first-order valence-corrected chi connectivity index (χ1v) is 10.3. The maximum Gasteiger partial charge on any atom is 0.237 e. The summed E-state index contributed by atoms with van der Waals surface area (Å²) in [5, 5.41) is 13.9. The lowest BCUT2D eigenvalue weighted by molar-refractivity contribution is -0.132. The molecule has 0 saturated carbocycles. The molecule has 0 spiro atoms. The molecule has 2 aliphatic heterocycles. The fraction of sp³-hybridized carbons (Fsp3) is 0.500. The molecule has 0 radical (unpaired) electrons. The highest BCUT2D eigenvalue weighted by atomic mass is 16.5. The summed E-state index contributed by atoms with van der Waals surface area (Å²) in [5.41, 5.74) is 1.93. The number of ether oxygens (including phenoxy) is 1. The number of carbonyl (C=O) groups is 1. The van der Waals surface area contributed by atoms with E-state index in [1.807, 2.05) is 18.2 Å². The average molecular weight is 393 g/mol. The number of piperidine rings is 1. The van der Waals surface area contributed by atoms with Crippen LogP contribution >= 0.6 is 0 Å². The highest BCUT2D eigenvalue weighted by Gasteiger charge is 2.30. The topological polar surface area (TPSA) is 81.5 Å². The molecule has 1 atom stereocenters. The number of hydrogen-bond donors (Lipinski definition) is 1. The molecule has 2 fully saturated rings. The van der Waals surface area contributed by atoms with E-state index in [0.29, 0.717) is 19.1 Å². The lowest BCUT2D eigenvalue weighted by Crippen LogP contribution is -2.46. The smallest absolute Gasteiger partial charge is 0.237 e. The Morgan fingerprint density at radius 2 is 2.10 bits per heavy atom. The zero-order valence-electron chi connectivity index (χ0n) is 16.8. The molecule has 1 amide bonds. The number of likely N-dealkylation sites (tertiary alicyclic amines) is 2. The van der Waals surface area contributed by atoms with Gasteiger partial charge in [-0.2, -0.15) is 5.26 Å². The van der Waals surface area contributed by atoms with Crippen LogP contribution in [0.5, 0.6) is 5.75 Å². The van der Waals surface area contributed by atoms with Crippen LogP contribution in [0.3, 0.4) is 0 Å². The predicted octanol–water partition coefficient (Wildman–Crippen LogP) is 2.63. The van der Waals surface area contributed by atoms with Gasteiger partial charge < -0.3 is 15.0 Å². The van der Waals surface area contributed by atoms with Gasteiger partial charge in [-0.05, 0) is 49.9 Å². The number of fused-ring (bicyclic) bond motifs is 1. The van der Waals surface area contributed by atoms with E-state index in [-0.39, 0.29) is 11.9 Å². The van der Waals surface area contributed by atoms with Crippen LogP contribution in [0.25, 0.3) is 10.9 Å². The molecule has 1 aromatic heterocycles. The Kier molecular flexibility index (Phi) is 5.81. The summed E-state index contributed by atoms with van der Waals surface area (Å²) in [5.74, 6) is 0.866. The third kappa shape index (κ3) is 4.13. The number of hydrogen-bond acceptors (Lipinski definition) is 6. The Bertz CT molecular complexity index is 917. The number of anilines is 1. The SMILES string of the molecule is COc1ccc(NC2CCN(CC(=O)N3CCC[C@H]3C#N)CC2)c2cccnc12. The zero-order valence-corrected chi connectivity index (χ0v) is 16.8. The Morgan fingerprint density at radius 3 is 2.86 bits per heavy atom. The fourth-order valence-corrected chi connectivity index (χ4v) is 4.37. The van der Waals surface area contributed by atoms with E-state index in [2.05, 4.69) is 27.3 Å². The number of methoxy groups -OCH3 is 1. The molecule has 7 nitrogen and oxygen atoms in total. The standard InChI is InChI=1S/C22H27N5O2/c1-29-20-7-6-19(18-5-2-10-24-22(18)20)25-16-8-12-26(13-9-16)15-21(28)27-11-3-4-17(27)14-23/h2,5-7,10,16-17,25H,3-4,8-9,11-13,15H2,1H3/t17-/m0/s1. The number of nitriles is 1. The molecule has 0 bridgehead atoms. The van der Waals surface area contributed by atoms with Gasteiger partial charge in [0.05, 0.1) is 19.7 Å². The van der Waals surface area contributed by atoms with Crippen molar-refractivity contribution in [3.8, 4) is 11.8 Å². The van der Waals surface area contributed by atoms with Crippen LogP contribution in [0.4, 0.5) is 5.69 Å². The van der Waals surface area contributed by atoms with Gasteiger partial charge in [-0.25, -0.2) is 0 Å². The lowest BCUT2D eigenvalue weighted by Gasteiger charge is -2.33. The van der Waals surface area contributed by atoms with Gasteiger partial charge in [0.1, 0.15) is 17.3 Å². The number of benzene rings is 1. The molecule has 0 unspecified atom stereocenters. The van der Waals surface area contributed by atoms with Crippen LogP contribution in [0.2, 0.25) is 0 Å². The van der Waals surface area contributed by atoms with E-state index in [9.17, 15) is 10.1 Å². The van der Waals surface area contributed by atoms with Crippen molar-refractivity contribution in [2.24, 2.45) is 0 Å². The van der Waals surface area contributed by atoms with Crippen LogP contribution in [0, 0.1) is 11.3 Å². The number of rotatable bonds is 5. The van der Waals surface area contributed by atoms with Gasteiger partial charge in [0, 0.05) is 42.9 Å². The van der Waals surface area contributed by atoms with Crippen LogP contribution < -0.4 is 10.1 Å². The highest BCUT2D eigenvalue weighted by molar-refractivity contribution is 5.95. The van der Waals surface area contributed by atoms with Crippen molar-refractivity contribution in [2.75, 3.05) is 38.6 Å². The summed E-state index contributed by atoms with van der Waals surface area (Å²) in [7, 11) is 1.66. The van der Waals surface area contributed by atoms with Crippen molar-refractivity contribution in [1.82, 2.24) is 14.8 Å². The average Bonchev–Trinajstić information content (AvgIpc) is 3.24. The van der Waals surface area contributed by atoms with E-state index in [1.165, 1.54) is 0 Å². The molecule has 0 aliphatic carbocycles. The van der Waals surface area contributed by atoms with Crippen molar-refractivity contribution in [3.63, 3.8) is 0 Å². The van der Waals surface area contributed by atoms with Gasteiger partial charge in [-0.15, -0.1) is 0 Å². The molecule has 2 aromatic rings. The Balaban J connectivity index is 1.34. The number of nitrogens with zero attached hydrogens (tertiary/aromatic N) is 4. The Labute approximate surface area is 171 Å². The van der Waals surface area contributed by atoms with E-state index in [1.54, 1.807) is 18.2 Å². The van der Waals surface area contributed by atoms with E-state index in [0.717, 1.165) is 61.1 Å². The molecule has 1 N–H and O–H groups in total. The number of nitrogens with one attached hydrogen (secondary N) is 1. The summed E-state index contributed by atoms with van der Waals surface area (Å²) in [6.45, 7) is 2.88. The van der Waals surface area contributed by atoms with Crippen molar-refractivity contribution >= 4 is 22.5 Å². The molecular weight excluding hydrogens is 366 g/mol. The summed E-state index contributed by atoms with van der Waals surface area (Å²) >= 11 is 0. The first kappa shape index (κ1) is 19.5. The van der Waals surface area contributed by atoms with Crippen molar-refractivity contribution < 1.29 is 9.53 Å². The molecule has 4 rings (SSSR count). The molecule has 3 heterocycles. The van der Waals surface area contributed by atoms with Crippen molar-refractivity contribution in [2.45, 2.75) is 37.8 Å². The Hall–Kier alpha value is -2.85. The number of aromatic nitrogens is 1. The van der Waals surface area contributed by atoms with Gasteiger partial charge in [0.25, 0.3) is 0 Å². The maximum absolute atomic E-state index is 12.6.